The third kappa shape index (κ3) is 5.62. The maximum absolute atomic E-state index is 15.0. The summed E-state index contributed by atoms with van der Waals surface area (Å²) in [4.78, 5) is 41.0. The zero-order chi connectivity index (χ0) is 32.0. The maximum Gasteiger partial charge on any atom is 0.501 e. The first-order valence-corrected chi connectivity index (χ1v) is 14.5. The van der Waals surface area contributed by atoms with Crippen molar-refractivity contribution in [1.82, 2.24) is 10.3 Å². The first-order chi connectivity index (χ1) is 20.7. The minimum atomic E-state index is -5.65. The summed E-state index contributed by atoms with van der Waals surface area (Å²) in [5, 5.41) is 14.4. The molecule has 2 bridgehead atoms. The molecule has 0 aliphatic heterocycles. The van der Waals surface area contributed by atoms with E-state index in [2.05, 4.69) is 15.6 Å². The number of nitrogens with zero attached hydrogens (tertiary/aromatic N) is 1. The summed E-state index contributed by atoms with van der Waals surface area (Å²) in [5.41, 5.74) is -5.97. The van der Waals surface area contributed by atoms with E-state index >= 15 is 0 Å². The van der Waals surface area contributed by atoms with Crippen molar-refractivity contribution in [2.75, 3.05) is 12.4 Å². The molecule has 3 N–H and O–H groups in total. The van der Waals surface area contributed by atoms with Crippen molar-refractivity contribution in [2.45, 2.75) is 22.9 Å². The van der Waals surface area contributed by atoms with E-state index in [4.69, 9.17) is 9.84 Å². The van der Waals surface area contributed by atoms with Gasteiger partial charge in [-0.1, -0.05) is 18.2 Å². The number of hydrogen-bond donors (Lipinski definition) is 3. The number of fused-ring (bicyclic) bond motifs is 2. The number of hydrogen-bond acceptors (Lipinski definition) is 7. The lowest BCUT2D eigenvalue weighted by Gasteiger charge is -2.28. The number of aromatic carboxylic acids is 1. The number of alkyl halides is 3. The van der Waals surface area contributed by atoms with Crippen LogP contribution < -0.4 is 15.4 Å². The Morgan fingerprint density at radius 2 is 1.77 bits per heavy atom. The SMILES string of the molecule is COc1cc(F)c(-c2ccc(C(=O)O)cn2)cc1C(=O)N[C@H]1[C@@H](C(=O)Nc2cccc(S(=O)(=O)C(F)(F)F)c2)[C@@H]2C=C[C@H]1C2. The maximum atomic E-state index is 15.0. The van der Waals surface area contributed by atoms with Crippen molar-refractivity contribution in [2.24, 2.45) is 17.8 Å². The molecule has 15 heteroatoms. The van der Waals surface area contributed by atoms with Gasteiger partial charge in [0.2, 0.25) is 5.91 Å². The molecule has 0 saturated heterocycles. The van der Waals surface area contributed by atoms with Crippen LogP contribution in [-0.4, -0.2) is 55.0 Å². The van der Waals surface area contributed by atoms with Crippen LogP contribution in [0.5, 0.6) is 5.75 Å². The van der Waals surface area contributed by atoms with Crippen LogP contribution in [0.15, 0.2) is 71.8 Å². The molecule has 2 aromatic carbocycles. The first kappa shape index (κ1) is 30.7. The van der Waals surface area contributed by atoms with Crippen LogP contribution in [0, 0.1) is 23.6 Å². The Balaban J connectivity index is 1.40. The Morgan fingerprint density at radius 3 is 2.41 bits per heavy atom. The Morgan fingerprint density at radius 1 is 1.05 bits per heavy atom. The number of nitrogens with one attached hydrogen (secondary N) is 2. The molecule has 2 aliphatic rings. The van der Waals surface area contributed by atoms with E-state index in [0.29, 0.717) is 12.5 Å². The number of aromatic nitrogens is 1. The number of carboxylic acids is 1. The predicted octanol–water partition coefficient (Wildman–Crippen LogP) is 4.45. The molecule has 1 aromatic heterocycles. The third-order valence-electron chi connectivity index (χ3n) is 7.60. The van der Waals surface area contributed by atoms with Gasteiger partial charge < -0.3 is 20.5 Å². The number of carbonyl (C=O) groups is 3. The Hall–Kier alpha value is -4.79. The van der Waals surface area contributed by atoms with Crippen LogP contribution in [0.1, 0.15) is 27.1 Å². The zero-order valence-corrected chi connectivity index (χ0v) is 23.4. The predicted molar refractivity (Wildman–Crippen MR) is 147 cm³/mol. The van der Waals surface area contributed by atoms with Crippen molar-refractivity contribution in [3.05, 3.63) is 83.8 Å². The summed E-state index contributed by atoms with van der Waals surface area (Å²) in [6.07, 6.45) is 5.17. The van der Waals surface area contributed by atoms with E-state index in [1.165, 1.54) is 31.4 Å². The fourth-order valence-corrected chi connectivity index (χ4v) is 6.29. The van der Waals surface area contributed by atoms with Crippen molar-refractivity contribution in [3.63, 3.8) is 0 Å². The van der Waals surface area contributed by atoms with Gasteiger partial charge in [0.25, 0.3) is 15.7 Å². The number of rotatable bonds is 8. The molecule has 2 aliphatic carbocycles. The van der Waals surface area contributed by atoms with Gasteiger partial charge in [0, 0.05) is 29.6 Å². The monoisotopic (exact) mass is 633 g/mol. The van der Waals surface area contributed by atoms with Crippen LogP contribution in [0.2, 0.25) is 0 Å². The van der Waals surface area contributed by atoms with Crippen molar-refractivity contribution in [1.29, 1.82) is 0 Å². The van der Waals surface area contributed by atoms with Crippen LogP contribution in [0.25, 0.3) is 11.3 Å². The summed E-state index contributed by atoms with van der Waals surface area (Å²) in [5.74, 6) is -4.96. The van der Waals surface area contributed by atoms with E-state index in [1.54, 1.807) is 6.08 Å². The number of halogens is 4. The third-order valence-corrected chi connectivity index (χ3v) is 9.08. The molecule has 1 heterocycles. The van der Waals surface area contributed by atoms with E-state index in [9.17, 15) is 40.4 Å². The summed E-state index contributed by atoms with van der Waals surface area (Å²) in [6, 6.07) is 7.69. The fraction of sp³-hybridized carbons (Fsp3) is 0.241. The molecule has 1 saturated carbocycles. The van der Waals surface area contributed by atoms with Crippen molar-refractivity contribution >= 4 is 33.3 Å². The highest BCUT2D eigenvalue weighted by Crippen LogP contribution is 2.45. The normalized spacial score (nSPS) is 20.8. The average molecular weight is 634 g/mol. The number of sulfone groups is 1. The number of allylic oxidation sites excluding steroid dienone is 1. The first-order valence-electron chi connectivity index (χ1n) is 13.0. The number of pyridine rings is 1. The zero-order valence-electron chi connectivity index (χ0n) is 22.6. The lowest BCUT2D eigenvalue weighted by atomic mass is 9.87. The van der Waals surface area contributed by atoms with Crippen LogP contribution in [0.3, 0.4) is 0 Å². The van der Waals surface area contributed by atoms with Gasteiger partial charge in [0.1, 0.15) is 11.6 Å². The highest BCUT2D eigenvalue weighted by atomic mass is 32.2. The smallest absolute Gasteiger partial charge is 0.496 e. The summed E-state index contributed by atoms with van der Waals surface area (Å²) in [6.45, 7) is 0. The lowest BCUT2D eigenvalue weighted by molar-refractivity contribution is -0.121. The van der Waals surface area contributed by atoms with Gasteiger partial charge in [0.05, 0.1) is 34.7 Å². The van der Waals surface area contributed by atoms with Gasteiger partial charge in [-0.15, -0.1) is 0 Å². The lowest BCUT2D eigenvalue weighted by Crippen LogP contribution is -2.47. The Kier molecular flexibility index (Phi) is 7.92. The van der Waals surface area contributed by atoms with E-state index in [1.807, 2.05) is 6.08 Å². The summed E-state index contributed by atoms with van der Waals surface area (Å²) in [7, 11) is -4.42. The molecule has 1 fully saturated rings. The topological polar surface area (TPSA) is 152 Å². The molecule has 0 radical (unpaired) electrons. The molecule has 44 heavy (non-hydrogen) atoms. The molecule has 5 rings (SSSR count). The van der Waals surface area contributed by atoms with Gasteiger partial charge in [-0.3, -0.25) is 14.6 Å². The van der Waals surface area contributed by atoms with Gasteiger partial charge in [-0.2, -0.15) is 13.2 Å². The van der Waals surface area contributed by atoms with Gasteiger partial charge in [0.15, 0.2) is 0 Å². The largest absolute Gasteiger partial charge is 0.501 e. The standard InChI is InChI=1S/C29H23F4N3O7S/c1-43-23-12-21(30)19(22-8-7-16(13-34-22)28(39)40)11-20(23)26(37)36-25-15-6-5-14(9-15)24(25)27(38)35-17-3-2-4-18(10-17)44(41,42)29(31,32)33/h2-8,10-15,24-25H,9H2,1H3,(H,35,38)(H,36,37)(H,39,40)/t14-,15+,24+,25-/m1/s1. The molecular formula is C29H23F4N3O7S. The quantitative estimate of drug-likeness (QED) is 0.243. The van der Waals surface area contributed by atoms with Crippen molar-refractivity contribution in [3.8, 4) is 17.0 Å². The molecule has 0 spiro atoms. The fourth-order valence-electron chi connectivity index (χ4n) is 5.48. The second kappa shape index (κ2) is 11.4. The number of benzene rings is 2. The second-order valence-corrected chi connectivity index (χ2v) is 12.2. The Bertz CT molecular complexity index is 1790. The number of ether oxygens (including phenoxy) is 1. The molecule has 10 nitrogen and oxygen atoms in total. The van der Waals surface area contributed by atoms with Crippen LogP contribution >= 0.6 is 0 Å². The van der Waals surface area contributed by atoms with E-state index in [0.717, 1.165) is 24.4 Å². The number of anilines is 1. The van der Waals surface area contributed by atoms with Crippen LogP contribution in [-0.2, 0) is 14.6 Å². The van der Waals surface area contributed by atoms with E-state index < -0.39 is 55.8 Å². The minimum absolute atomic E-state index is 0.0547. The molecular weight excluding hydrogens is 610 g/mol. The Labute approximate surface area is 247 Å². The van der Waals surface area contributed by atoms with E-state index in [-0.39, 0.29) is 45.7 Å². The number of carbonyl (C=O) groups excluding carboxylic acids is 2. The molecule has 0 unspecified atom stereocenters. The van der Waals surface area contributed by atoms with Gasteiger partial charge >= 0.3 is 11.5 Å². The highest BCUT2D eigenvalue weighted by molar-refractivity contribution is 7.92. The molecule has 3 aromatic rings. The number of carboxylic acid groups (broad SMARTS) is 1. The highest BCUT2D eigenvalue weighted by Gasteiger charge is 2.49. The summed E-state index contributed by atoms with van der Waals surface area (Å²) >= 11 is 0. The van der Waals surface area contributed by atoms with Gasteiger partial charge in [-0.05, 0) is 54.7 Å². The second-order valence-electron chi connectivity index (χ2n) is 10.2. The van der Waals surface area contributed by atoms with Crippen molar-refractivity contribution < 1.29 is 50.2 Å². The average Bonchev–Trinajstić information content (AvgIpc) is 3.58. The molecule has 4 atom stereocenters. The molecule has 230 valence electrons. The van der Waals surface area contributed by atoms with Crippen LogP contribution in [0.4, 0.5) is 23.2 Å². The molecule has 2 amide bonds. The van der Waals surface area contributed by atoms with Gasteiger partial charge in [-0.25, -0.2) is 17.6 Å². The minimum Gasteiger partial charge on any atom is -0.496 e. The number of amides is 2. The summed E-state index contributed by atoms with van der Waals surface area (Å²) < 4.78 is 83.0. The number of methoxy groups -OCH3 is 1.